The number of nitrogens with zero attached hydrogens (tertiary/aromatic N) is 1. The average molecular weight is 344 g/mol. The summed E-state index contributed by atoms with van der Waals surface area (Å²) < 4.78 is 24.9. The van der Waals surface area contributed by atoms with Crippen LogP contribution in [0.3, 0.4) is 0 Å². The molecule has 1 saturated heterocycles. The molecule has 0 unspecified atom stereocenters. The summed E-state index contributed by atoms with van der Waals surface area (Å²) in [5, 5.41) is 2.72. The summed E-state index contributed by atoms with van der Waals surface area (Å²) in [6.07, 6.45) is 2.00. The molecule has 1 aromatic carbocycles. The molecule has 2 aromatic rings. The Morgan fingerprint density at radius 2 is 2.20 bits per heavy atom. The van der Waals surface area contributed by atoms with Crippen LogP contribution in [0.4, 0.5) is 10.1 Å². The molecule has 0 radical (unpaired) electrons. The summed E-state index contributed by atoms with van der Waals surface area (Å²) in [5.41, 5.74) is 2.19. The van der Waals surface area contributed by atoms with Gasteiger partial charge in [0.2, 0.25) is 0 Å². The van der Waals surface area contributed by atoms with Gasteiger partial charge in [0, 0.05) is 18.4 Å². The highest BCUT2D eigenvalue weighted by Crippen LogP contribution is 2.27. The molecule has 1 aromatic heterocycles. The predicted octanol–water partition coefficient (Wildman–Crippen LogP) is 3.65. The van der Waals surface area contributed by atoms with Crippen molar-refractivity contribution in [2.75, 3.05) is 18.5 Å². The molecule has 0 aliphatic carbocycles. The third-order valence-electron chi connectivity index (χ3n) is 4.11. The molecule has 132 valence electrons. The van der Waals surface area contributed by atoms with Crippen LogP contribution in [0, 0.1) is 19.7 Å². The third kappa shape index (κ3) is 4.33. The van der Waals surface area contributed by atoms with E-state index < -0.39 is 5.82 Å². The van der Waals surface area contributed by atoms with Gasteiger partial charge in [0.15, 0.2) is 0 Å². The van der Waals surface area contributed by atoms with Crippen LogP contribution in [0.2, 0.25) is 0 Å². The summed E-state index contributed by atoms with van der Waals surface area (Å²) in [6, 6.07) is 7.54. The zero-order valence-corrected chi connectivity index (χ0v) is 14.3. The molecule has 6 heteroatoms. The highest BCUT2D eigenvalue weighted by Gasteiger charge is 2.18. The lowest BCUT2D eigenvalue weighted by Crippen LogP contribution is -2.18. The van der Waals surface area contributed by atoms with E-state index in [4.69, 9.17) is 9.47 Å². The highest BCUT2D eigenvalue weighted by atomic mass is 19.1. The smallest absolute Gasteiger partial charge is 0.257 e. The number of pyridine rings is 1. The van der Waals surface area contributed by atoms with Crippen LogP contribution in [-0.2, 0) is 4.74 Å². The number of rotatable bonds is 5. The Balaban J connectivity index is 1.75. The van der Waals surface area contributed by atoms with Gasteiger partial charge in [-0.05, 0) is 51.0 Å². The first-order valence-corrected chi connectivity index (χ1v) is 8.32. The Hall–Kier alpha value is -2.47. The molecule has 25 heavy (non-hydrogen) atoms. The molecule has 1 amide bonds. The van der Waals surface area contributed by atoms with E-state index in [9.17, 15) is 9.18 Å². The van der Waals surface area contributed by atoms with Gasteiger partial charge >= 0.3 is 0 Å². The SMILES string of the molecule is Cc1ccc(C(=O)Nc2cc(F)ccc2OC[C@@H]2CCCO2)c(C)n1. The zero-order valence-electron chi connectivity index (χ0n) is 14.3. The van der Waals surface area contributed by atoms with Gasteiger partial charge in [-0.3, -0.25) is 9.78 Å². The van der Waals surface area contributed by atoms with E-state index in [1.807, 2.05) is 6.92 Å². The number of amides is 1. The molecule has 0 saturated carbocycles. The second kappa shape index (κ2) is 7.61. The van der Waals surface area contributed by atoms with Crippen molar-refractivity contribution >= 4 is 11.6 Å². The first-order valence-electron chi connectivity index (χ1n) is 8.32. The summed E-state index contributed by atoms with van der Waals surface area (Å²) in [6.45, 7) is 4.74. The molecule has 3 rings (SSSR count). The normalized spacial score (nSPS) is 16.7. The maximum absolute atomic E-state index is 13.6. The summed E-state index contributed by atoms with van der Waals surface area (Å²) in [4.78, 5) is 16.8. The van der Waals surface area contributed by atoms with E-state index >= 15 is 0 Å². The van der Waals surface area contributed by atoms with E-state index in [2.05, 4.69) is 10.3 Å². The molecular weight excluding hydrogens is 323 g/mol. The molecular formula is C19H21FN2O3. The first kappa shape index (κ1) is 17.4. The Labute approximate surface area is 146 Å². The molecule has 5 nitrogen and oxygen atoms in total. The Morgan fingerprint density at radius 3 is 2.92 bits per heavy atom. The molecule has 1 fully saturated rings. The van der Waals surface area contributed by atoms with E-state index in [1.165, 1.54) is 18.2 Å². The molecule has 0 bridgehead atoms. The number of nitrogens with one attached hydrogen (secondary N) is 1. The van der Waals surface area contributed by atoms with Gasteiger partial charge in [0.1, 0.15) is 18.2 Å². The topological polar surface area (TPSA) is 60.5 Å². The van der Waals surface area contributed by atoms with Crippen molar-refractivity contribution in [3.8, 4) is 5.75 Å². The number of halogens is 1. The van der Waals surface area contributed by atoms with Crippen molar-refractivity contribution in [2.45, 2.75) is 32.8 Å². The number of ether oxygens (including phenoxy) is 2. The van der Waals surface area contributed by atoms with Crippen molar-refractivity contribution in [1.82, 2.24) is 4.98 Å². The maximum atomic E-state index is 13.6. The number of benzene rings is 1. The van der Waals surface area contributed by atoms with Crippen LogP contribution in [0.5, 0.6) is 5.75 Å². The summed E-state index contributed by atoms with van der Waals surface area (Å²) >= 11 is 0. The van der Waals surface area contributed by atoms with Crippen LogP contribution in [0.25, 0.3) is 0 Å². The average Bonchev–Trinajstić information content (AvgIpc) is 3.07. The van der Waals surface area contributed by atoms with E-state index in [1.54, 1.807) is 19.1 Å². The van der Waals surface area contributed by atoms with Crippen LogP contribution < -0.4 is 10.1 Å². The Kier molecular flexibility index (Phi) is 5.28. The van der Waals surface area contributed by atoms with Crippen LogP contribution >= 0.6 is 0 Å². The monoisotopic (exact) mass is 344 g/mol. The quantitative estimate of drug-likeness (QED) is 0.899. The van der Waals surface area contributed by atoms with Gasteiger partial charge in [-0.2, -0.15) is 0 Å². The zero-order chi connectivity index (χ0) is 17.8. The maximum Gasteiger partial charge on any atom is 0.257 e. The number of hydrogen-bond donors (Lipinski definition) is 1. The van der Waals surface area contributed by atoms with Crippen molar-refractivity contribution in [1.29, 1.82) is 0 Å². The van der Waals surface area contributed by atoms with Gasteiger partial charge < -0.3 is 14.8 Å². The molecule has 2 heterocycles. The minimum Gasteiger partial charge on any atom is -0.489 e. The van der Waals surface area contributed by atoms with Crippen molar-refractivity contribution in [3.63, 3.8) is 0 Å². The lowest BCUT2D eigenvalue weighted by molar-refractivity contribution is 0.0681. The largest absolute Gasteiger partial charge is 0.489 e. The standard InChI is InChI=1S/C19H21FN2O3/c1-12-5-7-16(13(2)21-12)19(23)22-17-10-14(20)6-8-18(17)25-11-15-4-3-9-24-15/h5-8,10,15H,3-4,9,11H2,1-2H3,(H,22,23)/t15-/m0/s1. The van der Waals surface area contributed by atoms with Gasteiger partial charge in [-0.1, -0.05) is 0 Å². The fourth-order valence-corrected chi connectivity index (χ4v) is 2.80. The Bertz CT molecular complexity index is 773. The fourth-order valence-electron chi connectivity index (χ4n) is 2.80. The highest BCUT2D eigenvalue weighted by molar-refractivity contribution is 6.05. The molecule has 1 N–H and O–H groups in total. The first-order chi connectivity index (χ1) is 12.0. The van der Waals surface area contributed by atoms with E-state index in [0.29, 0.717) is 29.3 Å². The van der Waals surface area contributed by atoms with E-state index in [0.717, 1.165) is 25.1 Å². The van der Waals surface area contributed by atoms with E-state index in [-0.39, 0.29) is 12.0 Å². The lowest BCUT2D eigenvalue weighted by Gasteiger charge is -2.15. The number of aromatic nitrogens is 1. The minimum absolute atomic E-state index is 0.0390. The summed E-state index contributed by atoms with van der Waals surface area (Å²) in [5.74, 6) is -0.376. The number of carbonyl (C=O) groups is 1. The van der Waals surface area contributed by atoms with Gasteiger partial charge in [0.25, 0.3) is 5.91 Å². The molecule has 0 spiro atoms. The van der Waals surface area contributed by atoms with Gasteiger partial charge in [-0.25, -0.2) is 4.39 Å². The van der Waals surface area contributed by atoms with Crippen molar-refractivity contribution < 1.29 is 18.7 Å². The fraction of sp³-hybridized carbons (Fsp3) is 0.368. The van der Waals surface area contributed by atoms with Gasteiger partial charge in [0.05, 0.1) is 23.0 Å². The molecule has 1 atom stereocenters. The second-order valence-corrected chi connectivity index (χ2v) is 6.13. The second-order valence-electron chi connectivity index (χ2n) is 6.13. The molecule has 1 aliphatic heterocycles. The van der Waals surface area contributed by atoms with Crippen molar-refractivity contribution in [3.05, 3.63) is 53.1 Å². The number of anilines is 1. The van der Waals surface area contributed by atoms with Crippen molar-refractivity contribution in [2.24, 2.45) is 0 Å². The number of carbonyl (C=O) groups excluding carboxylic acids is 1. The number of aryl methyl sites for hydroxylation is 2. The van der Waals surface area contributed by atoms with Crippen LogP contribution in [-0.4, -0.2) is 30.2 Å². The van der Waals surface area contributed by atoms with Crippen LogP contribution in [0.1, 0.15) is 34.6 Å². The summed E-state index contributed by atoms with van der Waals surface area (Å²) in [7, 11) is 0. The predicted molar refractivity (Wildman–Crippen MR) is 92.5 cm³/mol. The minimum atomic E-state index is -0.446. The third-order valence-corrected chi connectivity index (χ3v) is 4.11. The molecule has 1 aliphatic rings. The van der Waals surface area contributed by atoms with Crippen LogP contribution in [0.15, 0.2) is 30.3 Å². The Morgan fingerprint density at radius 1 is 1.36 bits per heavy atom. The van der Waals surface area contributed by atoms with Gasteiger partial charge in [-0.15, -0.1) is 0 Å². The lowest BCUT2D eigenvalue weighted by atomic mass is 10.1. The number of hydrogen-bond acceptors (Lipinski definition) is 4.